The molecule has 1 rings (SSSR count). The smallest absolute Gasteiger partial charge is 0.119 e. The van der Waals surface area contributed by atoms with Crippen molar-refractivity contribution in [3.8, 4) is 0 Å². The average molecular weight is 244 g/mol. The highest BCUT2D eigenvalue weighted by Crippen LogP contribution is 2.10. The van der Waals surface area contributed by atoms with E-state index >= 15 is 0 Å². The zero-order chi connectivity index (χ0) is 11.8. The van der Waals surface area contributed by atoms with E-state index in [1.54, 1.807) is 18.4 Å². The van der Waals surface area contributed by atoms with E-state index in [2.05, 4.69) is 22.6 Å². The zero-order valence-electron chi connectivity index (χ0n) is 9.90. The van der Waals surface area contributed by atoms with Gasteiger partial charge in [0.05, 0.1) is 12.3 Å². The highest BCUT2D eigenvalue weighted by Gasteiger charge is 2.04. The molecule has 1 heterocycles. The Hall–Kier alpha value is -0.490. The summed E-state index contributed by atoms with van der Waals surface area (Å²) in [6, 6.07) is 0.416. The van der Waals surface area contributed by atoms with Crippen LogP contribution in [0.2, 0.25) is 0 Å². The van der Waals surface area contributed by atoms with Gasteiger partial charge in [0.2, 0.25) is 0 Å². The Kier molecular flexibility index (Phi) is 6.56. The van der Waals surface area contributed by atoms with E-state index in [4.69, 9.17) is 9.84 Å². The molecule has 0 saturated carbocycles. The Morgan fingerprint density at radius 1 is 1.62 bits per heavy atom. The van der Waals surface area contributed by atoms with Gasteiger partial charge < -0.3 is 15.2 Å². The summed E-state index contributed by atoms with van der Waals surface area (Å²) in [6.07, 6.45) is 1.84. The van der Waals surface area contributed by atoms with Crippen molar-refractivity contribution in [1.29, 1.82) is 0 Å². The van der Waals surface area contributed by atoms with Gasteiger partial charge in [-0.15, -0.1) is 11.3 Å². The van der Waals surface area contributed by atoms with Crippen LogP contribution in [0, 0.1) is 0 Å². The van der Waals surface area contributed by atoms with E-state index in [0.717, 1.165) is 30.1 Å². The SMILES string of the molecule is COCc1nc(CNC(C)CCCO)cs1. The predicted molar refractivity (Wildman–Crippen MR) is 65.4 cm³/mol. The molecular formula is C11H20N2O2S. The minimum Gasteiger partial charge on any atom is -0.396 e. The third-order valence-corrected chi connectivity index (χ3v) is 3.17. The monoisotopic (exact) mass is 244 g/mol. The van der Waals surface area contributed by atoms with Crippen LogP contribution in [-0.4, -0.2) is 29.8 Å². The number of methoxy groups -OCH3 is 1. The number of nitrogens with one attached hydrogen (secondary N) is 1. The van der Waals surface area contributed by atoms with Crippen molar-refractivity contribution in [1.82, 2.24) is 10.3 Å². The second-order valence-electron chi connectivity index (χ2n) is 3.81. The minimum absolute atomic E-state index is 0.265. The summed E-state index contributed by atoms with van der Waals surface area (Å²) in [5, 5.41) is 15.2. The van der Waals surface area contributed by atoms with Crippen LogP contribution < -0.4 is 5.32 Å². The van der Waals surface area contributed by atoms with Crippen LogP contribution >= 0.6 is 11.3 Å². The summed E-state index contributed by atoms with van der Waals surface area (Å²) < 4.78 is 5.02. The maximum atomic E-state index is 8.71. The molecule has 0 aliphatic rings. The molecule has 5 heteroatoms. The molecule has 0 radical (unpaired) electrons. The molecule has 1 aromatic rings. The number of aliphatic hydroxyl groups excluding tert-OH is 1. The maximum Gasteiger partial charge on any atom is 0.119 e. The Bertz CT molecular complexity index is 291. The molecule has 0 fully saturated rings. The van der Waals surface area contributed by atoms with E-state index < -0.39 is 0 Å². The molecule has 0 saturated heterocycles. The second-order valence-corrected chi connectivity index (χ2v) is 4.76. The Morgan fingerprint density at radius 3 is 3.12 bits per heavy atom. The molecule has 0 bridgehead atoms. The van der Waals surface area contributed by atoms with Gasteiger partial charge >= 0.3 is 0 Å². The van der Waals surface area contributed by atoms with E-state index in [9.17, 15) is 0 Å². The molecule has 0 aliphatic carbocycles. The molecular weight excluding hydrogens is 224 g/mol. The van der Waals surface area contributed by atoms with Crippen LogP contribution in [0.4, 0.5) is 0 Å². The Labute approximate surface area is 101 Å². The second kappa shape index (κ2) is 7.73. The summed E-state index contributed by atoms with van der Waals surface area (Å²) >= 11 is 1.63. The summed E-state index contributed by atoms with van der Waals surface area (Å²) in [4.78, 5) is 4.43. The van der Waals surface area contributed by atoms with Crippen molar-refractivity contribution in [2.45, 2.75) is 39.0 Å². The first-order chi connectivity index (χ1) is 7.76. The number of thiazole rings is 1. The predicted octanol–water partition coefficient (Wildman–Crippen LogP) is 1.54. The van der Waals surface area contributed by atoms with Gasteiger partial charge in [-0.1, -0.05) is 0 Å². The Morgan fingerprint density at radius 2 is 2.44 bits per heavy atom. The standard InChI is InChI=1S/C11H20N2O2S/c1-9(4-3-5-14)12-6-10-8-16-11(13-10)7-15-2/h8-9,12,14H,3-7H2,1-2H3. The number of hydrogen-bond acceptors (Lipinski definition) is 5. The van der Waals surface area contributed by atoms with Crippen molar-refractivity contribution in [2.75, 3.05) is 13.7 Å². The number of rotatable bonds is 8. The minimum atomic E-state index is 0.265. The third kappa shape index (κ3) is 5.03. The van der Waals surface area contributed by atoms with Crippen LogP contribution in [0.15, 0.2) is 5.38 Å². The quantitative estimate of drug-likeness (QED) is 0.728. The van der Waals surface area contributed by atoms with Gasteiger partial charge in [-0.2, -0.15) is 0 Å². The topological polar surface area (TPSA) is 54.4 Å². The van der Waals surface area contributed by atoms with Crippen LogP contribution in [0.3, 0.4) is 0 Å². The van der Waals surface area contributed by atoms with Gasteiger partial charge in [0.25, 0.3) is 0 Å². The third-order valence-electron chi connectivity index (χ3n) is 2.29. The van der Waals surface area contributed by atoms with E-state index in [1.807, 2.05) is 0 Å². The fraction of sp³-hybridized carbons (Fsp3) is 0.727. The van der Waals surface area contributed by atoms with Gasteiger partial charge in [-0.25, -0.2) is 4.98 Å². The van der Waals surface area contributed by atoms with Crippen molar-refractivity contribution in [3.63, 3.8) is 0 Å². The molecule has 4 nitrogen and oxygen atoms in total. The van der Waals surface area contributed by atoms with Crippen molar-refractivity contribution < 1.29 is 9.84 Å². The highest BCUT2D eigenvalue weighted by molar-refractivity contribution is 7.09. The summed E-state index contributed by atoms with van der Waals surface area (Å²) in [5.74, 6) is 0. The lowest BCUT2D eigenvalue weighted by molar-refractivity contribution is 0.184. The van der Waals surface area contributed by atoms with Crippen LogP contribution in [0.5, 0.6) is 0 Å². The normalized spacial score (nSPS) is 12.9. The van der Waals surface area contributed by atoms with Crippen molar-refractivity contribution >= 4 is 11.3 Å². The summed E-state index contributed by atoms with van der Waals surface area (Å²) in [7, 11) is 1.68. The number of hydrogen-bond donors (Lipinski definition) is 2. The highest BCUT2D eigenvalue weighted by atomic mass is 32.1. The molecule has 16 heavy (non-hydrogen) atoms. The molecule has 1 atom stereocenters. The summed E-state index contributed by atoms with van der Waals surface area (Å²) in [5.41, 5.74) is 1.06. The number of nitrogens with zero attached hydrogens (tertiary/aromatic N) is 1. The zero-order valence-corrected chi connectivity index (χ0v) is 10.7. The van der Waals surface area contributed by atoms with E-state index in [1.165, 1.54) is 0 Å². The first-order valence-electron chi connectivity index (χ1n) is 5.52. The Balaban J connectivity index is 2.25. The lowest BCUT2D eigenvalue weighted by atomic mass is 10.2. The van der Waals surface area contributed by atoms with E-state index in [0.29, 0.717) is 12.6 Å². The molecule has 0 aromatic carbocycles. The van der Waals surface area contributed by atoms with E-state index in [-0.39, 0.29) is 6.61 Å². The van der Waals surface area contributed by atoms with Gasteiger partial charge in [0.15, 0.2) is 0 Å². The number of aliphatic hydroxyl groups is 1. The first-order valence-corrected chi connectivity index (χ1v) is 6.40. The van der Waals surface area contributed by atoms with Gasteiger partial charge in [-0.05, 0) is 19.8 Å². The average Bonchev–Trinajstić information content (AvgIpc) is 2.72. The van der Waals surface area contributed by atoms with Gasteiger partial charge in [0.1, 0.15) is 5.01 Å². The molecule has 0 amide bonds. The number of aromatic nitrogens is 1. The van der Waals surface area contributed by atoms with Gasteiger partial charge in [-0.3, -0.25) is 0 Å². The first kappa shape index (κ1) is 13.6. The fourth-order valence-corrected chi connectivity index (χ4v) is 2.16. The lowest BCUT2D eigenvalue weighted by Crippen LogP contribution is -2.25. The molecule has 2 N–H and O–H groups in total. The molecule has 92 valence electrons. The number of ether oxygens (including phenoxy) is 1. The van der Waals surface area contributed by atoms with Gasteiger partial charge in [0, 0.05) is 31.7 Å². The van der Waals surface area contributed by atoms with Crippen molar-refractivity contribution in [3.05, 3.63) is 16.1 Å². The lowest BCUT2D eigenvalue weighted by Gasteiger charge is -2.11. The van der Waals surface area contributed by atoms with Crippen molar-refractivity contribution in [2.24, 2.45) is 0 Å². The molecule has 1 aromatic heterocycles. The van der Waals surface area contributed by atoms with Crippen LogP contribution in [-0.2, 0) is 17.9 Å². The van der Waals surface area contributed by atoms with Crippen LogP contribution in [0.25, 0.3) is 0 Å². The van der Waals surface area contributed by atoms with Crippen LogP contribution in [0.1, 0.15) is 30.5 Å². The summed E-state index contributed by atoms with van der Waals surface area (Å²) in [6.45, 7) is 3.76. The molecule has 1 unspecified atom stereocenters. The maximum absolute atomic E-state index is 8.71. The fourth-order valence-electron chi connectivity index (χ4n) is 1.40. The molecule has 0 aliphatic heterocycles. The largest absolute Gasteiger partial charge is 0.396 e. The molecule has 0 spiro atoms.